The highest BCUT2D eigenvalue weighted by molar-refractivity contribution is 8.03. The minimum Gasteiger partial charge on any atom is -0.462 e. The number of aliphatic hydroxyl groups is 4. The molecule has 0 bridgehead atoms. The number of allylic oxidation sites excluding steroid dienone is 4. The Morgan fingerprint density at radius 3 is 2.28 bits per heavy atom. The molecule has 2 fully saturated rings. The lowest BCUT2D eigenvalue weighted by atomic mass is 9.86. The number of rotatable bonds is 11. The zero-order chi connectivity index (χ0) is 44.5. The van der Waals surface area contributed by atoms with Crippen LogP contribution in [-0.2, 0) is 42.7 Å². The van der Waals surface area contributed by atoms with Crippen molar-refractivity contribution in [3.8, 4) is 0 Å². The Morgan fingerprint density at radius 2 is 1.61 bits per heavy atom. The van der Waals surface area contributed by atoms with E-state index in [4.69, 9.17) is 33.2 Å². The molecule has 0 aliphatic carbocycles. The van der Waals surface area contributed by atoms with Crippen molar-refractivity contribution in [1.82, 2.24) is 4.90 Å². The van der Waals surface area contributed by atoms with E-state index in [-0.39, 0.29) is 25.2 Å². The Kier molecular flexibility index (Phi) is 18.4. The normalized spacial score (nSPS) is 40.2. The first-order valence-electron chi connectivity index (χ1n) is 21.4. The Hall–Kier alpha value is -2.71. The molecule has 0 amide bonds. The van der Waals surface area contributed by atoms with Gasteiger partial charge in [-0.15, -0.1) is 0 Å². The smallest absolute Gasteiger partial charge is 0.308 e. The molecule has 16 atom stereocenters. The molecule has 342 valence electrons. The van der Waals surface area contributed by atoms with Gasteiger partial charge < -0.3 is 63.8 Å². The van der Waals surface area contributed by atoms with E-state index in [0.717, 1.165) is 21.2 Å². The fourth-order valence-corrected chi connectivity index (χ4v) is 9.48. The summed E-state index contributed by atoms with van der Waals surface area (Å²) in [5.41, 5.74) is 1.74. The van der Waals surface area contributed by atoms with Gasteiger partial charge in [0, 0.05) is 36.9 Å². The average Bonchev–Trinajstić information content (AvgIpc) is 3.65. The summed E-state index contributed by atoms with van der Waals surface area (Å²) in [6.45, 7) is 8.96. The summed E-state index contributed by atoms with van der Waals surface area (Å²) < 4.78 is 42.1. The van der Waals surface area contributed by atoms with Crippen LogP contribution < -0.4 is 5.32 Å². The lowest BCUT2D eigenvalue weighted by Gasteiger charge is -2.45. The maximum Gasteiger partial charge on any atom is 0.308 e. The molecule has 15 nitrogen and oxygen atoms in total. The fourth-order valence-electron chi connectivity index (χ4n) is 8.53. The summed E-state index contributed by atoms with van der Waals surface area (Å²) in [6.07, 6.45) is -2.32. The van der Waals surface area contributed by atoms with Crippen LogP contribution >= 0.6 is 11.8 Å². The molecule has 16 heteroatoms. The monoisotopic (exact) mass is 876 g/mol. The first kappa shape index (κ1) is 49.3. The zero-order valence-corrected chi connectivity index (χ0v) is 37.7. The van der Waals surface area contributed by atoms with Gasteiger partial charge in [0.2, 0.25) is 0 Å². The van der Waals surface area contributed by atoms with Crippen molar-refractivity contribution in [2.75, 3.05) is 40.2 Å². The lowest BCUT2D eigenvalue weighted by molar-refractivity contribution is -0.304. The highest BCUT2D eigenvalue weighted by Gasteiger charge is 2.47. The van der Waals surface area contributed by atoms with Crippen molar-refractivity contribution in [3.05, 3.63) is 59.2 Å². The quantitative estimate of drug-likeness (QED) is 0.199. The molecular weight excluding hydrogens is 809 g/mol. The molecule has 5 rings (SSSR count). The molecule has 4 heterocycles. The predicted molar refractivity (Wildman–Crippen MR) is 229 cm³/mol. The van der Waals surface area contributed by atoms with Crippen LogP contribution in [0.25, 0.3) is 0 Å². The summed E-state index contributed by atoms with van der Waals surface area (Å²) >= 11 is 1.60. The zero-order valence-electron chi connectivity index (χ0n) is 36.9. The highest BCUT2D eigenvalue weighted by Crippen LogP contribution is 2.41. The number of methoxy groups -OCH3 is 2. The SMILES string of the molecule is CC[C@H]1OC(=O)C[C@@H](O)[C@H](C)[C@@H](O[C@@H]2O[C@H](C)[C@@H](O)[C@H](N(C)C)[C@H]2O)CC[C@@H](C/C=C2\Nc3ccccc3S2)C(=O)/C=C/C(C)=C/[C@@H]1CO[C@@H]1O[C@H](C)[C@@H](O)[C@@H](OC)[C@H]1OC. The maximum atomic E-state index is 14.2. The number of carbonyl (C=O) groups is 2. The van der Waals surface area contributed by atoms with Crippen molar-refractivity contribution in [1.29, 1.82) is 0 Å². The van der Waals surface area contributed by atoms with Crippen LogP contribution in [0, 0.1) is 17.8 Å². The van der Waals surface area contributed by atoms with Gasteiger partial charge in [-0.05, 0) is 78.8 Å². The number of nitrogens with zero attached hydrogens (tertiary/aromatic N) is 1. The van der Waals surface area contributed by atoms with Crippen molar-refractivity contribution >= 4 is 29.2 Å². The summed E-state index contributed by atoms with van der Waals surface area (Å²) in [7, 11) is 6.48. The highest BCUT2D eigenvalue weighted by atomic mass is 32.2. The first-order chi connectivity index (χ1) is 29.1. The molecule has 1 aromatic carbocycles. The number of esters is 1. The first-order valence-corrected chi connectivity index (χ1v) is 22.2. The number of carbonyl (C=O) groups excluding carboxylic acids is 2. The number of fused-ring (bicyclic) bond motifs is 1. The number of aliphatic hydroxyl groups excluding tert-OH is 4. The van der Waals surface area contributed by atoms with E-state index in [1.54, 1.807) is 63.7 Å². The van der Waals surface area contributed by atoms with Gasteiger partial charge in [0.25, 0.3) is 0 Å². The van der Waals surface area contributed by atoms with Gasteiger partial charge in [0.05, 0.1) is 60.3 Å². The largest absolute Gasteiger partial charge is 0.462 e. The number of anilines is 1. The van der Waals surface area contributed by atoms with Crippen LogP contribution in [-0.4, -0.2) is 152 Å². The average molecular weight is 877 g/mol. The molecule has 0 aromatic heterocycles. The Balaban J connectivity index is 1.45. The topological polar surface area (TPSA) is 195 Å². The van der Waals surface area contributed by atoms with Crippen LogP contribution in [0.1, 0.15) is 66.7 Å². The lowest BCUT2D eigenvalue weighted by Crippen LogP contribution is -2.62. The fraction of sp³-hybridized carbons (Fsp3) is 0.689. The van der Waals surface area contributed by atoms with Crippen molar-refractivity contribution in [3.63, 3.8) is 0 Å². The molecule has 0 unspecified atom stereocenters. The molecule has 5 N–H and O–H groups in total. The third-order valence-electron chi connectivity index (χ3n) is 12.3. The Morgan fingerprint density at radius 1 is 0.918 bits per heavy atom. The summed E-state index contributed by atoms with van der Waals surface area (Å²) in [5, 5.41) is 49.0. The van der Waals surface area contributed by atoms with E-state index >= 15 is 0 Å². The van der Waals surface area contributed by atoms with E-state index in [9.17, 15) is 30.0 Å². The van der Waals surface area contributed by atoms with Crippen LogP contribution in [0.15, 0.2) is 64.1 Å². The number of para-hydroxylation sites is 1. The third-order valence-corrected chi connectivity index (χ3v) is 13.4. The van der Waals surface area contributed by atoms with Gasteiger partial charge in [0.15, 0.2) is 18.4 Å². The Labute approximate surface area is 364 Å². The van der Waals surface area contributed by atoms with Gasteiger partial charge in [-0.25, -0.2) is 0 Å². The number of likely N-dealkylation sites (N-methyl/N-ethyl adjacent to an activating group) is 1. The van der Waals surface area contributed by atoms with E-state index in [0.29, 0.717) is 19.3 Å². The second-order valence-corrected chi connectivity index (χ2v) is 18.0. The molecular formula is C45H68N2O13S. The van der Waals surface area contributed by atoms with E-state index in [2.05, 4.69) is 5.32 Å². The molecule has 2 saturated heterocycles. The van der Waals surface area contributed by atoms with E-state index in [1.165, 1.54) is 14.2 Å². The second-order valence-electron chi connectivity index (χ2n) is 16.9. The minimum atomic E-state index is -1.24. The standard InChI is InChI=1S/C45H68N2O13S/c1-10-33-29(23-56-45-43(55-9)42(54-8)40(52)27(5)58-45)21-24(2)15-18-31(48)28(17-20-36-46-30-13-11-12-14-35(30)61-36)16-19-34(25(3)32(49)22-37(50)59-33)60-44-41(53)38(47(6)7)39(51)26(4)57-44/h11-15,18,20-21,25-29,32-34,38-46,49,51-53H,10,16-17,19,22-23H2,1-9H3/b18-15+,24-21+,36-20+/t25-,26+,27+,28-,29+,32+,33+,34-,38-,39+,40+,41+,42+,43+,44-,45+/m0/s1. The van der Waals surface area contributed by atoms with Gasteiger partial charge in [0.1, 0.15) is 30.5 Å². The van der Waals surface area contributed by atoms with Gasteiger partial charge in [-0.3, -0.25) is 9.59 Å². The predicted octanol–water partition coefficient (Wildman–Crippen LogP) is 4.18. The number of cyclic esters (lactones) is 1. The maximum absolute atomic E-state index is 14.2. The number of nitrogens with one attached hydrogen (secondary N) is 1. The molecule has 4 aliphatic heterocycles. The van der Waals surface area contributed by atoms with Crippen molar-refractivity contribution in [2.24, 2.45) is 17.8 Å². The minimum absolute atomic E-state index is 0.0254. The second kappa shape index (κ2) is 22.8. The van der Waals surface area contributed by atoms with Crippen LogP contribution in [0.3, 0.4) is 0 Å². The summed E-state index contributed by atoms with van der Waals surface area (Å²) in [5.74, 6) is -2.42. The summed E-state index contributed by atoms with van der Waals surface area (Å²) in [6, 6.07) is 7.30. The number of benzene rings is 1. The molecule has 0 radical (unpaired) electrons. The Bertz CT molecular complexity index is 1670. The van der Waals surface area contributed by atoms with Crippen LogP contribution in [0.5, 0.6) is 0 Å². The molecule has 1 aromatic rings. The van der Waals surface area contributed by atoms with Crippen LogP contribution in [0.2, 0.25) is 0 Å². The molecule has 61 heavy (non-hydrogen) atoms. The van der Waals surface area contributed by atoms with E-state index in [1.807, 2.05) is 50.3 Å². The number of hydrogen-bond donors (Lipinski definition) is 5. The van der Waals surface area contributed by atoms with Gasteiger partial charge in [-0.1, -0.05) is 61.5 Å². The molecule has 0 saturated carbocycles. The van der Waals surface area contributed by atoms with Gasteiger partial charge in [-0.2, -0.15) is 0 Å². The van der Waals surface area contributed by atoms with Crippen molar-refractivity contribution in [2.45, 2.75) is 151 Å². The third kappa shape index (κ3) is 12.5. The van der Waals surface area contributed by atoms with Crippen molar-refractivity contribution < 1.29 is 63.2 Å². The van der Waals surface area contributed by atoms with E-state index < -0.39 is 103 Å². The molecule has 0 spiro atoms. The van der Waals surface area contributed by atoms with Crippen LogP contribution in [0.4, 0.5) is 5.69 Å². The number of hydrogen-bond acceptors (Lipinski definition) is 16. The number of ketones is 1. The number of ether oxygens (including phenoxy) is 7. The molecule has 4 aliphatic rings. The number of thioether (sulfide) groups is 1. The van der Waals surface area contributed by atoms with Gasteiger partial charge >= 0.3 is 5.97 Å². The summed E-state index contributed by atoms with van der Waals surface area (Å²) in [4.78, 5) is 30.7.